The molecule has 0 spiro atoms. The molecule has 2 aromatic heterocycles. The molecule has 5 aromatic rings. The second-order valence-corrected chi connectivity index (χ2v) is 8.18. The highest BCUT2D eigenvalue weighted by Gasteiger charge is 2.18. The molecule has 0 amide bonds. The van der Waals surface area contributed by atoms with Crippen LogP contribution in [0.3, 0.4) is 0 Å². The van der Waals surface area contributed by atoms with Gasteiger partial charge in [-0.05, 0) is 42.0 Å². The standard InChI is InChI=1S/C25H18N2O3S/c1-30-18-13-11-17(12-14-18)23-26-24-21(22(28)19-9-5-6-10-20(19)31-24)25(29)27(23)15-16-7-3-2-4-8-16/h2-14H,15H2,1H3. The average Bonchev–Trinajstić information content (AvgIpc) is 2.81. The van der Waals surface area contributed by atoms with Crippen LogP contribution in [0, 0.1) is 0 Å². The lowest BCUT2D eigenvalue weighted by atomic mass is 10.1. The van der Waals surface area contributed by atoms with Gasteiger partial charge in [-0.25, -0.2) is 4.98 Å². The zero-order valence-corrected chi connectivity index (χ0v) is 17.6. The van der Waals surface area contributed by atoms with Gasteiger partial charge in [0, 0.05) is 15.6 Å². The lowest BCUT2D eigenvalue weighted by Crippen LogP contribution is -2.27. The van der Waals surface area contributed by atoms with Gasteiger partial charge >= 0.3 is 0 Å². The Bertz CT molecular complexity index is 1520. The highest BCUT2D eigenvalue weighted by atomic mass is 32.1. The van der Waals surface area contributed by atoms with E-state index in [0.29, 0.717) is 22.6 Å². The van der Waals surface area contributed by atoms with Crippen molar-refractivity contribution in [2.45, 2.75) is 6.54 Å². The third kappa shape index (κ3) is 3.41. The molecule has 2 heterocycles. The first-order chi connectivity index (χ1) is 15.2. The lowest BCUT2D eigenvalue weighted by Gasteiger charge is -2.14. The van der Waals surface area contributed by atoms with E-state index in [9.17, 15) is 9.59 Å². The summed E-state index contributed by atoms with van der Waals surface area (Å²) in [5.41, 5.74) is 1.14. The fraction of sp³-hybridized carbons (Fsp3) is 0.0800. The summed E-state index contributed by atoms with van der Waals surface area (Å²) >= 11 is 1.36. The number of methoxy groups -OCH3 is 1. The van der Waals surface area contributed by atoms with E-state index in [2.05, 4.69) is 0 Å². The quantitative estimate of drug-likeness (QED) is 0.391. The maximum atomic E-state index is 13.6. The van der Waals surface area contributed by atoms with E-state index in [0.717, 1.165) is 21.6 Å². The smallest absolute Gasteiger partial charge is 0.266 e. The van der Waals surface area contributed by atoms with Crippen LogP contribution >= 0.6 is 11.3 Å². The van der Waals surface area contributed by atoms with Gasteiger partial charge in [0.1, 0.15) is 21.8 Å². The molecule has 0 aliphatic rings. The van der Waals surface area contributed by atoms with Crippen LogP contribution in [0.4, 0.5) is 0 Å². The number of nitrogens with zero attached hydrogens (tertiary/aromatic N) is 2. The van der Waals surface area contributed by atoms with Crippen molar-refractivity contribution < 1.29 is 4.74 Å². The Morgan fingerprint density at radius 1 is 0.903 bits per heavy atom. The normalized spacial score (nSPS) is 11.1. The van der Waals surface area contributed by atoms with Crippen LogP contribution in [0.25, 0.3) is 31.7 Å². The van der Waals surface area contributed by atoms with Crippen molar-refractivity contribution in [3.8, 4) is 17.1 Å². The van der Waals surface area contributed by atoms with E-state index in [1.807, 2.05) is 72.8 Å². The molecule has 0 saturated heterocycles. The van der Waals surface area contributed by atoms with Crippen molar-refractivity contribution in [3.05, 3.63) is 105 Å². The number of rotatable bonds is 4. The van der Waals surface area contributed by atoms with Gasteiger partial charge in [-0.3, -0.25) is 14.2 Å². The van der Waals surface area contributed by atoms with Gasteiger partial charge < -0.3 is 4.74 Å². The van der Waals surface area contributed by atoms with E-state index < -0.39 is 0 Å². The Kier molecular flexibility index (Phi) is 4.84. The van der Waals surface area contributed by atoms with Gasteiger partial charge in [-0.15, -0.1) is 11.3 Å². The summed E-state index contributed by atoms with van der Waals surface area (Å²) in [6.07, 6.45) is 0. The maximum Gasteiger partial charge on any atom is 0.266 e. The van der Waals surface area contributed by atoms with Gasteiger partial charge in [0.05, 0.1) is 13.7 Å². The monoisotopic (exact) mass is 426 g/mol. The Labute approximate surface area is 181 Å². The number of ether oxygens (including phenoxy) is 1. The van der Waals surface area contributed by atoms with Gasteiger partial charge in [0.25, 0.3) is 5.56 Å². The zero-order chi connectivity index (χ0) is 21.4. The van der Waals surface area contributed by atoms with Gasteiger partial charge in [0.15, 0.2) is 0 Å². The summed E-state index contributed by atoms with van der Waals surface area (Å²) in [4.78, 5) is 32.1. The highest BCUT2D eigenvalue weighted by Crippen LogP contribution is 2.26. The number of aromatic nitrogens is 2. The largest absolute Gasteiger partial charge is 0.497 e. The first-order valence-corrected chi connectivity index (χ1v) is 10.6. The Morgan fingerprint density at radius 3 is 2.35 bits per heavy atom. The first kappa shape index (κ1) is 19.2. The van der Waals surface area contributed by atoms with E-state index in [1.54, 1.807) is 17.7 Å². The number of fused-ring (bicyclic) bond motifs is 2. The second-order valence-electron chi connectivity index (χ2n) is 7.15. The molecule has 0 unspecified atom stereocenters. The summed E-state index contributed by atoms with van der Waals surface area (Å²) < 4.78 is 7.66. The molecular weight excluding hydrogens is 408 g/mol. The molecule has 0 radical (unpaired) electrons. The summed E-state index contributed by atoms with van der Waals surface area (Å²) in [5.74, 6) is 1.24. The summed E-state index contributed by atoms with van der Waals surface area (Å²) in [5, 5.41) is 0.680. The van der Waals surface area contributed by atoms with Crippen LogP contribution in [0.15, 0.2) is 88.5 Å². The van der Waals surface area contributed by atoms with Crippen molar-refractivity contribution >= 4 is 31.6 Å². The summed E-state index contributed by atoms with van der Waals surface area (Å²) in [6, 6.07) is 24.4. The van der Waals surface area contributed by atoms with Crippen LogP contribution in [-0.4, -0.2) is 16.7 Å². The van der Waals surface area contributed by atoms with Crippen LogP contribution < -0.4 is 15.7 Å². The van der Waals surface area contributed by atoms with E-state index in [-0.39, 0.29) is 16.4 Å². The fourth-order valence-electron chi connectivity index (χ4n) is 3.66. The van der Waals surface area contributed by atoms with Crippen molar-refractivity contribution in [2.75, 3.05) is 7.11 Å². The minimum atomic E-state index is -0.327. The Balaban J connectivity index is 1.84. The minimum Gasteiger partial charge on any atom is -0.497 e. The molecule has 3 aromatic carbocycles. The summed E-state index contributed by atoms with van der Waals surface area (Å²) in [6.45, 7) is 0.320. The summed E-state index contributed by atoms with van der Waals surface area (Å²) in [7, 11) is 1.61. The number of hydrogen-bond donors (Lipinski definition) is 0. The Morgan fingerprint density at radius 2 is 1.61 bits per heavy atom. The molecule has 0 aliphatic carbocycles. The van der Waals surface area contributed by atoms with Crippen LogP contribution in [0.1, 0.15) is 5.56 Å². The predicted octanol–water partition coefficient (Wildman–Crippen LogP) is 4.70. The van der Waals surface area contributed by atoms with E-state index in [4.69, 9.17) is 9.72 Å². The molecule has 152 valence electrons. The van der Waals surface area contributed by atoms with Crippen molar-refractivity contribution in [2.24, 2.45) is 0 Å². The average molecular weight is 426 g/mol. The van der Waals surface area contributed by atoms with Crippen molar-refractivity contribution in [1.82, 2.24) is 9.55 Å². The molecule has 0 bridgehead atoms. The zero-order valence-electron chi connectivity index (χ0n) is 16.7. The van der Waals surface area contributed by atoms with Crippen molar-refractivity contribution in [3.63, 3.8) is 0 Å². The van der Waals surface area contributed by atoms with E-state index in [1.165, 1.54) is 11.3 Å². The molecule has 5 rings (SSSR count). The van der Waals surface area contributed by atoms with Crippen LogP contribution in [0.5, 0.6) is 5.75 Å². The molecule has 31 heavy (non-hydrogen) atoms. The second kappa shape index (κ2) is 7.81. The molecule has 0 aliphatic heterocycles. The molecule has 0 fully saturated rings. The third-order valence-corrected chi connectivity index (χ3v) is 6.30. The highest BCUT2D eigenvalue weighted by molar-refractivity contribution is 7.24. The van der Waals surface area contributed by atoms with Gasteiger partial charge in [-0.1, -0.05) is 42.5 Å². The van der Waals surface area contributed by atoms with Gasteiger partial charge in [-0.2, -0.15) is 0 Å². The lowest BCUT2D eigenvalue weighted by molar-refractivity contribution is 0.415. The Hall–Kier alpha value is -3.77. The van der Waals surface area contributed by atoms with Crippen LogP contribution in [-0.2, 0) is 6.54 Å². The number of hydrogen-bond acceptors (Lipinski definition) is 5. The topological polar surface area (TPSA) is 61.2 Å². The first-order valence-electron chi connectivity index (χ1n) is 9.80. The fourth-order valence-corrected chi connectivity index (χ4v) is 4.70. The molecule has 0 saturated carbocycles. The van der Waals surface area contributed by atoms with Crippen molar-refractivity contribution in [1.29, 1.82) is 0 Å². The van der Waals surface area contributed by atoms with Gasteiger partial charge in [0.2, 0.25) is 5.43 Å². The third-order valence-electron chi connectivity index (χ3n) is 5.23. The number of benzene rings is 3. The SMILES string of the molecule is COc1ccc(-c2nc3sc4ccccc4c(=O)c3c(=O)n2Cc2ccccc2)cc1. The molecule has 6 heteroatoms. The maximum absolute atomic E-state index is 13.6. The predicted molar refractivity (Wildman–Crippen MR) is 125 cm³/mol. The molecular formula is C25H18N2O3S. The van der Waals surface area contributed by atoms with Crippen LogP contribution in [0.2, 0.25) is 0 Å². The molecule has 5 nitrogen and oxygen atoms in total. The minimum absolute atomic E-state index is 0.136. The van der Waals surface area contributed by atoms with E-state index >= 15 is 0 Å². The molecule has 0 N–H and O–H groups in total. The molecule has 0 atom stereocenters.